The second-order valence-electron chi connectivity index (χ2n) is 9.49. The molecule has 204 valence electrons. The molecular formula is C25H22ClF3N6O3S. The number of fused-ring (bicyclic) bond motifs is 1. The maximum absolute atomic E-state index is 13.9. The molecule has 0 spiro atoms. The molecule has 1 amide bonds. The van der Waals surface area contributed by atoms with Crippen molar-refractivity contribution in [1.29, 1.82) is 0 Å². The van der Waals surface area contributed by atoms with Crippen LogP contribution in [0.1, 0.15) is 48.1 Å². The minimum atomic E-state index is -2.84. The summed E-state index contributed by atoms with van der Waals surface area (Å²) in [5.74, 6) is -0.00802. The van der Waals surface area contributed by atoms with Gasteiger partial charge in [-0.1, -0.05) is 17.7 Å². The zero-order valence-electron chi connectivity index (χ0n) is 20.2. The van der Waals surface area contributed by atoms with Crippen LogP contribution in [0.4, 0.5) is 18.0 Å². The summed E-state index contributed by atoms with van der Waals surface area (Å²) in [7, 11) is 0. The lowest BCUT2D eigenvalue weighted by Crippen LogP contribution is -2.43. The van der Waals surface area contributed by atoms with Crippen LogP contribution in [0.25, 0.3) is 5.57 Å². The average molecular weight is 579 g/mol. The van der Waals surface area contributed by atoms with Gasteiger partial charge in [-0.15, -0.1) is 11.3 Å². The van der Waals surface area contributed by atoms with Crippen LogP contribution in [-0.2, 0) is 4.74 Å². The number of nitrogens with one attached hydrogen (secondary N) is 1. The number of amidine groups is 1. The molecule has 1 saturated heterocycles. The number of benzene rings is 1. The summed E-state index contributed by atoms with van der Waals surface area (Å²) in [5.41, 5.74) is 1.95. The fourth-order valence-electron chi connectivity index (χ4n) is 5.04. The Morgan fingerprint density at radius 3 is 2.77 bits per heavy atom. The van der Waals surface area contributed by atoms with Gasteiger partial charge in [-0.05, 0) is 18.2 Å². The van der Waals surface area contributed by atoms with Crippen molar-refractivity contribution in [2.24, 2.45) is 4.99 Å². The van der Waals surface area contributed by atoms with E-state index in [9.17, 15) is 23.1 Å². The van der Waals surface area contributed by atoms with E-state index in [0.29, 0.717) is 58.2 Å². The Bertz CT molecular complexity index is 1460. The van der Waals surface area contributed by atoms with Crippen molar-refractivity contribution >= 4 is 40.4 Å². The van der Waals surface area contributed by atoms with Crippen molar-refractivity contribution in [1.82, 2.24) is 25.0 Å². The summed E-state index contributed by atoms with van der Waals surface area (Å²) < 4.78 is 46.8. The second-order valence-corrected chi connectivity index (χ2v) is 10.8. The maximum atomic E-state index is 13.9. The van der Waals surface area contributed by atoms with Crippen LogP contribution in [0.3, 0.4) is 0 Å². The standard InChI is InChI=1S/C25H22ClF3N6O3S/c26-17-7-12(27)1-2-16(17)21-20(18-3-5-35(33-18)24(28)29)19-8-13(31-25(37)38-15-9-14(36)10-15)11-34(19)22(32-21)23-30-4-6-39-23/h1-7,13-15,21,24,36H,8-11H2,(H,31,37)/t13-,14-,15-,21-/m0/s1. The summed E-state index contributed by atoms with van der Waals surface area (Å²) in [6, 6.07) is 4.22. The van der Waals surface area contributed by atoms with Gasteiger partial charge in [-0.25, -0.2) is 18.9 Å². The molecule has 2 aromatic heterocycles. The van der Waals surface area contributed by atoms with Crippen molar-refractivity contribution in [2.45, 2.75) is 50.1 Å². The van der Waals surface area contributed by atoms with Gasteiger partial charge in [0.25, 0.3) is 0 Å². The second kappa shape index (κ2) is 10.3. The van der Waals surface area contributed by atoms with E-state index < -0.39 is 36.6 Å². The lowest BCUT2D eigenvalue weighted by atomic mass is 9.92. The number of alkyl halides is 2. The van der Waals surface area contributed by atoms with E-state index in [0.717, 1.165) is 0 Å². The van der Waals surface area contributed by atoms with Crippen molar-refractivity contribution in [3.05, 3.63) is 74.8 Å². The Morgan fingerprint density at radius 1 is 1.28 bits per heavy atom. The van der Waals surface area contributed by atoms with Crippen LogP contribution in [0.15, 0.2) is 52.7 Å². The highest BCUT2D eigenvalue weighted by molar-refractivity contribution is 7.11. The number of aliphatic imine (C=N–C) groups is 1. The van der Waals surface area contributed by atoms with Gasteiger partial charge in [0.05, 0.1) is 17.8 Å². The molecule has 39 heavy (non-hydrogen) atoms. The highest BCUT2D eigenvalue weighted by atomic mass is 35.5. The van der Waals surface area contributed by atoms with E-state index in [4.69, 9.17) is 21.3 Å². The quantitative estimate of drug-likeness (QED) is 0.437. The van der Waals surface area contributed by atoms with Crippen molar-refractivity contribution in [3.8, 4) is 0 Å². The third-order valence-electron chi connectivity index (χ3n) is 6.89. The van der Waals surface area contributed by atoms with Gasteiger partial charge in [0.2, 0.25) is 0 Å². The molecule has 9 nitrogen and oxygen atoms in total. The molecular weight excluding hydrogens is 557 g/mol. The summed E-state index contributed by atoms with van der Waals surface area (Å²) in [6.07, 6.45) is 2.52. The number of thiazole rings is 1. The predicted molar refractivity (Wildman–Crippen MR) is 137 cm³/mol. The normalized spacial score (nSPS) is 24.5. The molecule has 4 heterocycles. The summed E-state index contributed by atoms with van der Waals surface area (Å²) in [4.78, 5) is 23.8. The van der Waals surface area contributed by atoms with Gasteiger partial charge < -0.3 is 20.1 Å². The average Bonchev–Trinajstić information content (AvgIpc) is 3.63. The van der Waals surface area contributed by atoms with Crippen LogP contribution >= 0.6 is 22.9 Å². The number of aromatic nitrogens is 3. The zero-order valence-corrected chi connectivity index (χ0v) is 21.7. The molecule has 1 aliphatic carbocycles. The number of carbonyl (C=O) groups excluding carboxylic acids is 1. The first-order chi connectivity index (χ1) is 18.8. The number of hydrogen-bond acceptors (Lipinski definition) is 8. The molecule has 14 heteroatoms. The minimum absolute atomic E-state index is 0.126. The zero-order chi connectivity index (χ0) is 27.3. The number of rotatable bonds is 6. The monoisotopic (exact) mass is 578 g/mol. The van der Waals surface area contributed by atoms with E-state index in [-0.39, 0.29) is 16.8 Å². The Kier molecular flexibility index (Phi) is 6.81. The molecule has 1 aromatic carbocycles. The Balaban J connectivity index is 1.42. The van der Waals surface area contributed by atoms with Gasteiger partial charge in [-0.3, -0.25) is 4.99 Å². The maximum Gasteiger partial charge on any atom is 0.407 e. The van der Waals surface area contributed by atoms with Gasteiger partial charge in [0.15, 0.2) is 10.8 Å². The van der Waals surface area contributed by atoms with E-state index >= 15 is 0 Å². The first kappa shape index (κ1) is 25.8. The third kappa shape index (κ3) is 5.01. The van der Waals surface area contributed by atoms with Gasteiger partial charge in [-0.2, -0.15) is 13.9 Å². The molecule has 0 unspecified atom stereocenters. The first-order valence-electron chi connectivity index (χ1n) is 12.2. The van der Waals surface area contributed by atoms with E-state index in [2.05, 4.69) is 15.4 Å². The molecule has 3 aromatic rings. The molecule has 2 atom stereocenters. The molecule has 6 rings (SSSR count). The van der Waals surface area contributed by atoms with Crippen LogP contribution in [0.2, 0.25) is 5.02 Å². The van der Waals surface area contributed by atoms with Crippen molar-refractivity contribution < 1.29 is 27.8 Å². The number of aliphatic hydroxyl groups is 1. The molecule has 3 aliphatic rings. The topological polar surface area (TPSA) is 105 Å². The van der Waals surface area contributed by atoms with Crippen LogP contribution in [0, 0.1) is 5.82 Å². The van der Waals surface area contributed by atoms with Crippen molar-refractivity contribution in [3.63, 3.8) is 0 Å². The van der Waals surface area contributed by atoms with E-state index in [1.807, 2.05) is 4.90 Å². The predicted octanol–water partition coefficient (Wildman–Crippen LogP) is 4.76. The molecule has 0 radical (unpaired) electrons. The smallest absolute Gasteiger partial charge is 0.407 e. The molecule has 2 N–H and O–H groups in total. The van der Waals surface area contributed by atoms with Gasteiger partial charge in [0.1, 0.15) is 18.0 Å². The van der Waals surface area contributed by atoms with Crippen molar-refractivity contribution in [2.75, 3.05) is 6.54 Å². The fraction of sp³-hybridized carbons (Fsp3) is 0.360. The van der Waals surface area contributed by atoms with Crippen LogP contribution in [-0.4, -0.2) is 61.5 Å². The number of ether oxygens (including phenoxy) is 1. The van der Waals surface area contributed by atoms with Gasteiger partial charge >= 0.3 is 12.6 Å². The highest BCUT2D eigenvalue weighted by Crippen LogP contribution is 2.46. The number of aliphatic hydroxyl groups excluding tert-OH is 1. The third-order valence-corrected chi connectivity index (χ3v) is 7.99. The Labute approximate surface area is 229 Å². The molecule has 2 aliphatic heterocycles. The number of carbonyl (C=O) groups is 1. The molecule has 1 saturated carbocycles. The summed E-state index contributed by atoms with van der Waals surface area (Å²) in [6.45, 7) is -2.52. The minimum Gasteiger partial charge on any atom is -0.446 e. The number of hydrogen-bond donors (Lipinski definition) is 2. The Hall–Kier alpha value is -3.42. The number of alkyl carbamates (subject to hydrolysis) is 1. The highest BCUT2D eigenvalue weighted by Gasteiger charge is 2.42. The summed E-state index contributed by atoms with van der Waals surface area (Å²) in [5, 5.41) is 19.0. The van der Waals surface area contributed by atoms with E-state index in [1.165, 1.54) is 41.8 Å². The lowest BCUT2D eigenvalue weighted by molar-refractivity contribution is -0.0354. The van der Waals surface area contributed by atoms with Crippen LogP contribution in [0.5, 0.6) is 0 Å². The molecule has 2 fully saturated rings. The molecule has 0 bridgehead atoms. The number of halogens is 4. The van der Waals surface area contributed by atoms with E-state index in [1.54, 1.807) is 11.6 Å². The largest absolute Gasteiger partial charge is 0.446 e. The Morgan fingerprint density at radius 2 is 2.10 bits per heavy atom. The fourth-order valence-corrected chi connectivity index (χ4v) is 5.95. The first-order valence-corrected chi connectivity index (χ1v) is 13.4. The van der Waals surface area contributed by atoms with Gasteiger partial charge in [0, 0.05) is 65.4 Å². The van der Waals surface area contributed by atoms with Crippen LogP contribution < -0.4 is 5.32 Å². The SMILES string of the molecule is O=C(N[C@H]1CC2=C(c3ccn(C(F)F)n3)[C@H](c3ccc(F)cc3Cl)N=C(c3nccs3)N2C1)O[C@H]1C[C@H](O)C1. The summed E-state index contributed by atoms with van der Waals surface area (Å²) >= 11 is 7.83. The number of amides is 1. The number of nitrogens with zero attached hydrogens (tertiary/aromatic N) is 5. The lowest BCUT2D eigenvalue weighted by Gasteiger charge is -2.32.